The minimum Gasteiger partial charge on any atom is -0.311 e. The van der Waals surface area contributed by atoms with Gasteiger partial charge in [-0.2, -0.15) is 0 Å². The molecule has 1 nitrogen and oxygen atoms in total. The van der Waals surface area contributed by atoms with Gasteiger partial charge in [0.15, 0.2) is 0 Å². The predicted octanol–water partition coefficient (Wildman–Crippen LogP) is 7.25. The van der Waals surface area contributed by atoms with Crippen molar-refractivity contribution in [2.45, 2.75) is 6.42 Å². The maximum absolute atomic E-state index is 2.32. The van der Waals surface area contributed by atoms with E-state index in [-0.39, 0.29) is 0 Å². The molecule has 0 bridgehead atoms. The molecule has 4 aromatic carbocycles. The van der Waals surface area contributed by atoms with Gasteiger partial charge < -0.3 is 4.90 Å². The van der Waals surface area contributed by atoms with E-state index in [0.717, 1.165) is 23.5 Å². The molecule has 0 N–H and O–H groups in total. The van der Waals surface area contributed by atoms with Crippen LogP contribution in [-0.2, 0) is 6.42 Å². The standard InChI is InChI=1S/C27H21N/c1-3-11-25(12-4-1)28(26-13-5-2-6-14-26)27-17-15-21(16-18-27)24-19-22-9-7-8-10-23(22)20-24/h1-19H,20H2. The Balaban J connectivity index is 1.50. The van der Waals surface area contributed by atoms with Gasteiger partial charge in [0, 0.05) is 17.1 Å². The first-order valence-corrected chi connectivity index (χ1v) is 9.68. The summed E-state index contributed by atoms with van der Waals surface area (Å²) in [5.74, 6) is 0. The molecule has 0 aliphatic heterocycles. The van der Waals surface area contributed by atoms with E-state index in [9.17, 15) is 0 Å². The largest absolute Gasteiger partial charge is 0.311 e. The smallest absolute Gasteiger partial charge is 0.0462 e. The van der Waals surface area contributed by atoms with Crippen molar-refractivity contribution >= 4 is 28.7 Å². The molecule has 1 aliphatic carbocycles. The molecule has 0 fully saturated rings. The normalized spacial score (nSPS) is 12.4. The third-order valence-corrected chi connectivity index (χ3v) is 5.29. The van der Waals surface area contributed by atoms with Crippen LogP contribution in [0.2, 0.25) is 0 Å². The van der Waals surface area contributed by atoms with Gasteiger partial charge in [-0.1, -0.05) is 78.9 Å². The maximum Gasteiger partial charge on any atom is 0.0462 e. The Morgan fingerprint density at radius 3 is 1.64 bits per heavy atom. The van der Waals surface area contributed by atoms with Gasteiger partial charge in [0.25, 0.3) is 0 Å². The summed E-state index contributed by atoms with van der Waals surface area (Å²) >= 11 is 0. The zero-order valence-corrected chi connectivity index (χ0v) is 15.6. The fourth-order valence-corrected chi connectivity index (χ4v) is 3.89. The van der Waals surface area contributed by atoms with Crippen molar-refractivity contribution in [3.05, 3.63) is 126 Å². The number of allylic oxidation sites excluding steroid dienone is 1. The van der Waals surface area contributed by atoms with Crippen LogP contribution in [0.25, 0.3) is 11.6 Å². The molecular weight excluding hydrogens is 338 g/mol. The highest BCUT2D eigenvalue weighted by Gasteiger charge is 2.15. The fraction of sp³-hybridized carbons (Fsp3) is 0.0370. The topological polar surface area (TPSA) is 3.24 Å². The first-order valence-electron chi connectivity index (χ1n) is 9.68. The average Bonchev–Trinajstić information content (AvgIpc) is 3.20. The van der Waals surface area contributed by atoms with E-state index in [4.69, 9.17) is 0 Å². The van der Waals surface area contributed by atoms with Gasteiger partial charge in [-0.05, 0) is 65.1 Å². The lowest BCUT2D eigenvalue weighted by Crippen LogP contribution is -2.09. The predicted molar refractivity (Wildman–Crippen MR) is 119 cm³/mol. The minimum atomic E-state index is 1.01. The average molecular weight is 359 g/mol. The van der Waals surface area contributed by atoms with Gasteiger partial charge in [-0.3, -0.25) is 0 Å². The van der Waals surface area contributed by atoms with Crippen LogP contribution in [0.4, 0.5) is 17.1 Å². The van der Waals surface area contributed by atoms with E-state index in [1.807, 2.05) is 0 Å². The second kappa shape index (κ2) is 7.21. The number of nitrogens with zero attached hydrogens (tertiary/aromatic N) is 1. The zero-order valence-electron chi connectivity index (χ0n) is 15.6. The summed E-state index contributed by atoms with van der Waals surface area (Å²) in [5, 5.41) is 0. The second-order valence-electron chi connectivity index (χ2n) is 7.10. The summed E-state index contributed by atoms with van der Waals surface area (Å²) < 4.78 is 0. The Hall–Kier alpha value is -3.58. The van der Waals surface area contributed by atoms with Crippen molar-refractivity contribution in [3.63, 3.8) is 0 Å². The number of benzene rings is 4. The number of anilines is 3. The fourth-order valence-electron chi connectivity index (χ4n) is 3.89. The highest BCUT2D eigenvalue weighted by molar-refractivity contribution is 5.89. The molecule has 4 aromatic rings. The molecule has 0 saturated carbocycles. The number of para-hydroxylation sites is 2. The zero-order chi connectivity index (χ0) is 18.8. The van der Waals surface area contributed by atoms with Gasteiger partial charge in [-0.25, -0.2) is 0 Å². The maximum atomic E-state index is 2.32. The van der Waals surface area contributed by atoms with Gasteiger partial charge in [0.1, 0.15) is 0 Å². The number of fused-ring (bicyclic) bond motifs is 1. The molecule has 1 aliphatic rings. The molecule has 0 atom stereocenters. The first kappa shape index (κ1) is 16.6. The SMILES string of the molecule is C1=C(c2ccc(N(c3ccccc3)c3ccccc3)cc2)Cc2ccccc21. The van der Waals surface area contributed by atoms with E-state index in [1.165, 1.54) is 22.3 Å². The molecule has 134 valence electrons. The lowest BCUT2D eigenvalue weighted by Gasteiger charge is -2.25. The van der Waals surface area contributed by atoms with Crippen LogP contribution in [0.15, 0.2) is 109 Å². The second-order valence-corrected chi connectivity index (χ2v) is 7.10. The van der Waals surface area contributed by atoms with E-state index in [0.29, 0.717) is 0 Å². The molecule has 0 unspecified atom stereocenters. The minimum absolute atomic E-state index is 1.01. The van der Waals surface area contributed by atoms with Crippen molar-refractivity contribution in [1.82, 2.24) is 0 Å². The van der Waals surface area contributed by atoms with Crippen LogP contribution >= 0.6 is 0 Å². The quantitative estimate of drug-likeness (QED) is 0.371. The summed E-state index contributed by atoms with van der Waals surface area (Å²) in [4.78, 5) is 2.29. The third kappa shape index (κ3) is 3.12. The van der Waals surface area contributed by atoms with E-state index >= 15 is 0 Å². The molecule has 0 amide bonds. The van der Waals surface area contributed by atoms with Gasteiger partial charge in [-0.15, -0.1) is 0 Å². The summed E-state index contributed by atoms with van der Waals surface area (Å²) in [5.41, 5.74) is 8.92. The van der Waals surface area contributed by atoms with Gasteiger partial charge in [0.2, 0.25) is 0 Å². The Bertz CT molecular complexity index is 1070. The number of hydrogen-bond acceptors (Lipinski definition) is 1. The molecule has 0 aromatic heterocycles. The van der Waals surface area contributed by atoms with Gasteiger partial charge >= 0.3 is 0 Å². The van der Waals surface area contributed by atoms with Crippen molar-refractivity contribution in [3.8, 4) is 0 Å². The lowest BCUT2D eigenvalue weighted by molar-refractivity contribution is 1.27. The number of hydrogen-bond donors (Lipinski definition) is 0. The van der Waals surface area contributed by atoms with Gasteiger partial charge in [0.05, 0.1) is 0 Å². The molecule has 0 heterocycles. The summed E-state index contributed by atoms with van der Waals surface area (Å²) in [6.45, 7) is 0. The monoisotopic (exact) mass is 359 g/mol. The van der Waals surface area contributed by atoms with Crippen LogP contribution in [0.5, 0.6) is 0 Å². The molecule has 0 radical (unpaired) electrons. The summed E-state index contributed by atoms with van der Waals surface area (Å²) in [6.07, 6.45) is 3.33. The third-order valence-electron chi connectivity index (χ3n) is 5.29. The van der Waals surface area contributed by atoms with Crippen LogP contribution in [0.3, 0.4) is 0 Å². The Morgan fingerprint density at radius 2 is 1.04 bits per heavy atom. The molecule has 0 spiro atoms. The van der Waals surface area contributed by atoms with E-state index in [2.05, 4.69) is 120 Å². The van der Waals surface area contributed by atoms with Crippen molar-refractivity contribution < 1.29 is 0 Å². The molecule has 1 heteroatoms. The van der Waals surface area contributed by atoms with Crippen molar-refractivity contribution in [1.29, 1.82) is 0 Å². The van der Waals surface area contributed by atoms with E-state index < -0.39 is 0 Å². The highest BCUT2D eigenvalue weighted by atomic mass is 15.1. The molecule has 0 saturated heterocycles. The summed E-state index contributed by atoms with van der Waals surface area (Å²) in [6, 6.07) is 38.6. The summed E-state index contributed by atoms with van der Waals surface area (Å²) in [7, 11) is 0. The molecular formula is C27H21N. The highest BCUT2D eigenvalue weighted by Crippen LogP contribution is 2.36. The molecule has 5 rings (SSSR count). The molecule has 28 heavy (non-hydrogen) atoms. The van der Waals surface area contributed by atoms with Crippen molar-refractivity contribution in [2.75, 3.05) is 4.90 Å². The van der Waals surface area contributed by atoms with Crippen molar-refractivity contribution in [2.24, 2.45) is 0 Å². The number of rotatable bonds is 4. The van der Waals surface area contributed by atoms with Crippen LogP contribution < -0.4 is 4.90 Å². The van der Waals surface area contributed by atoms with Crippen LogP contribution in [-0.4, -0.2) is 0 Å². The Labute approximate surface area is 166 Å². The lowest BCUT2D eigenvalue weighted by atomic mass is 10.0. The van der Waals surface area contributed by atoms with Crippen LogP contribution in [0, 0.1) is 0 Å². The van der Waals surface area contributed by atoms with E-state index in [1.54, 1.807) is 0 Å². The van der Waals surface area contributed by atoms with Crippen LogP contribution in [0.1, 0.15) is 16.7 Å². The Morgan fingerprint density at radius 1 is 0.500 bits per heavy atom. The Kier molecular flexibility index (Phi) is 4.27. The first-order chi connectivity index (χ1) is 13.9.